The minimum Gasteiger partial charge on any atom is -0.496 e. The molecule has 8 nitrogen and oxygen atoms in total. The van der Waals surface area contributed by atoms with Gasteiger partial charge in [0.05, 0.1) is 26.3 Å². The van der Waals surface area contributed by atoms with Crippen LogP contribution in [-0.2, 0) is 14.3 Å². The van der Waals surface area contributed by atoms with Crippen molar-refractivity contribution in [1.82, 2.24) is 4.90 Å². The second-order valence-electron chi connectivity index (χ2n) is 6.39. The van der Waals surface area contributed by atoms with Crippen molar-refractivity contribution in [2.24, 2.45) is 0 Å². The highest BCUT2D eigenvalue weighted by atomic mass is 19.1. The first-order valence-corrected chi connectivity index (χ1v) is 8.94. The van der Waals surface area contributed by atoms with Gasteiger partial charge in [-0.15, -0.1) is 0 Å². The van der Waals surface area contributed by atoms with Crippen molar-refractivity contribution in [3.05, 3.63) is 53.3 Å². The number of carbonyl (C=O) groups excluding carboxylic acids is 3. The van der Waals surface area contributed by atoms with E-state index in [2.05, 4.69) is 5.32 Å². The standard InChI is InChI=1S/C21H23FN2O6/c1-13-17(28-3)9-14(10-18(13)29-4)21(27)30-12-20(26)24(2)11-19(25)23-16-7-5-15(22)6-8-16/h5-10H,11-12H2,1-4H3,(H,23,25). The summed E-state index contributed by atoms with van der Waals surface area (Å²) in [5.74, 6) is -1.31. The van der Waals surface area contributed by atoms with Crippen LogP contribution in [0, 0.1) is 12.7 Å². The number of hydrogen-bond donors (Lipinski definition) is 1. The van der Waals surface area contributed by atoms with Crippen LogP contribution in [0.5, 0.6) is 11.5 Å². The van der Waals surface area contributed by atoms with Gasteiger partial charge < -0.3 is 24.4 Å². The van der Waals surface area contributed by atoms with Gasteiger partial charge in [-0.2, -0.15) is 0 Å². The number of amides is 2. The van der Waals surface area contributed by atoms with Crippen LogP contribution in [0.4, 0.5) is 10.1 Å². The van der Waals surface area contributed by atoms with E-state index >= 15 is 0 Å². The molecule has 0 aliphatic heterocycles. The summed E-state index contributed by atoms with van der Waals surface area (Å²) < 4.78 is 28.4. The summed E-state index contributed by atoms with van der Waals surface area (Å²) in [5, 5.41) is 2.54. The van der Waals surface area contributed by atoms with Gasteiger partial charge in [-0.25, -0.2) is 9.18 Å². The normalized spacial score (nSPS) is 10.2. The first-order chi connectivity index (χ1) is 14.2. The Balaban J connectivity index is 1.90. The Morgan fingerprint density at radius 1 is 1.03 bits per heavy atom. The van der Waals surface area contributed by atoms with Crippen molar-refractivity contribution in [3.63, 3.8) is 0 Å². The lowest BCUT2D eigenvalue weighted by molar-refractivity contribution is -0.136. The Morgan fingerprint density at radius 2 is 1.60 bits per heavy atom. The summed E-state index contributed by atoms with van der Waals surface area (Å²) >= 11 is 0. The number of halogens is 1. The molecule has 0 saturated carbocycles. The Labute approximate surface area is 173 Å². The lowest BCUT2D eigenvalue weighted by atomic mass is 10.1. The number of ether oxygens (including phenoxy) is 3. The van der Waals surface area contributed by atoms with Crippen molar-refractivity contribution >= 4 is 23.5 Å². The third kappa shape index (κ3) is 5.94. The number of hydrogen-bond acceptors (Lipinski definition) is 6. The van der Waals surface area contributed by atoms with E-state index in [0.717, 1.165) is 10.5 Å². The molecule has 0 aliphatic carbocycles. The van der Waals surface area contributed by atoms with Crippen LogP contribution < -0.4 is 14.8 Å². The molecule has 30 heavy (non-hydrogen) atoms. The molecule has 2 amide bonds. The summed E-state index contributed by atoms with van der Waals surface area (Å²) in [7, 11) is 4.33. The minimum atomic E-state index is -0.732. The molecule has 0 heterocycles. The molecule has 1 N–H and O–H groups in total. The lowest BCUT2D eigenvalue weighted by Gasteiger charge is -2.17. The zero-order valence-electron chi connectivity index (χ0n) is 17.2. The molecule has 0 unspecified atom stereocenters. The maximum absolute atomic E-state index is 12.9. The van der Waals surface area contributed by atoms with Gasteiger partial charge >= 0.3 is 5.97 Å². The first-order valence-electron chi connectivity index (χ1n) is 8.94. The molecule has 2 rings (SSSR count). The number of esters is 1. The van der Waals surface area contributed by atoms with Crippen LogP contribution in [0.2, 0.25) is 0 Å². The van der Waals surface area contributed by atoms with E-state index in [1.54, 1.807) is 6.92 Å². The Kier molecular flexibility index (Phi) is 7.74. The number of anilines is 1. The molecule has 0 radical (unpaired) electrons. The molecule has 0 saturated heterocycles. The van der Waals surface area contributed by atoms with Crippen molar-refractivity contribution in [1.29, 1.82) is 0 Å². The van der Waals surface area contributed by atoms with Crippen molar-refractivity contribution < 1.29 is 33.0 Å². The smallest absolute Gasteiger partial charge is 0.338 e. The van der Waals surface area contributed by atoms with Crippen LogP contribution in [0.15, 0.2) is 36.4 Å². The molecule has 2 aromatic rings. The number of rotatable bonds is 8. The number of nitrogens with one attached hydrogen (secondary N) is 1. The third-order valence-electron chi connectivity index (χ3n) is 4.25. The SMILES string of the molecule is COc1cc(C(=O)OCC(=O)N(C)CC(=O)Nc2ccc(F)cc2)cc(OC)c1C. The van der Waals surface area contributed by atoms with Gasteiger partial charge in [0.2, 0.25) is 5.91 Å². The highest BCUT2D eigenvalue weighted by Crippen LogP contribution is 2.29. The predicted molar refractivity (Wildman–Crippen MR) is 107 cm³/mol. The highest BCUT2D eigenvalue weighted by molar-refractivity contribution is 5.95. The van der Waals surface area contributed by atoms with Gasteiger partial charge in [-0.3, -0.25) is 9.59 Å². The van der Waals surface area contributed by atoms with Gasteiger partial charge in [-0.1, -0.05) is 0 Å². The quantitative estimate of drug-likeness (QED) is 0.662. The fourth-order valence-corrected chi connectivity index (χ4v) is 2.56. The van der Waals surface area contributed by atoms with E-state index in [4.69, 9.17) is 14.2 Å². The van der Waals surface area contributed by atoms with Crippen LogP contribution in [0.25, 0.3) is 0 Å². The maximum atomic E-state index is 12.9. The number of benzene rings is 2. The Hall–Kier alpha value is -3.62. The van der Waals surface area contributed by atoms with Gasteiger partial charge in [-0.05, 0) is 43.3 Å². The molecule has 0 spiro atoms. The molecule has 0 bridgehead atoms. The molecule has 160 valence electrons. The Morgan fingerprint density at radius 3 is 2.13 bits per heavy atom. The molecule has 0 aromatic heterocycles. The van der Waals surface area contributed by atoms with Crippen LogP contribution in [0.1, 0.15) is 15.9 Å². The predicted octanol–water partition coefficient (Wildman–Crippen LogP) is 2.41. The molecule has 0 atom stereocenters. The average Bonchev–Trinajstić information content (AvgIpc) is 2.73. The zero-order chi connectivity index (χ0) is 22.3. The summed E-state index contributed by atoms with van der Waals surface area (Å²) in [4.78, 5) is 37.6. The minimum absolute atomic E-state index is 0.166. The fraction of sp³-hybridized carbons (Fsp3) is 0.286. The topological polar surface area (TPSA) is 94.2 Å². The summed E-state index contributed by atoms with van der Waals surface area (Å²) in [6.45, 7) is 0.972. The summed E-state index contributed by atoms with van der Waals surface area (Å²) in [6.07, 6.45) is 0. The summed E-state index contributed by atoms with van der Waals surface area (Å²) in [6, 6.07) is 8.20. The zero-order valence-corrected chi connectivity index (χ0v) is 17.2. The molecular weight excluding hydrogens is 395 g/mol. The number of nitrogens with zero attached hydrogens (tertiary/aromatic N) is 1. The van der Waals surface area contributed by atoms with Crippen LogP contribution in [-0.4, -0.2) is 57.1 Å². The van der Waals surface area contributed by atoms with E-state index in [1.807, 2.05) is 0 Å². The monoisotopic (exact) mass is 418 g/mol. The molecule has 2 aromatic carbocycles. The number of methoxy groups -OCH3 is 2. The second-order valence-corrected chi connectivity index (χ2v) is 6.39. The summed E-state index contributed by atoms with van der Waals surface area (Å²) in [5.41, 5.74) is 1.29. The van der Waals surface area contributed by atoms with E-state index in [1.165, 1.54) is 57.7 Å². The van der Waals surface area contributed by atoms with E-state index in [-0.39, 0.29) is 12.1 Å². The second kappa shape index (κ2) is 10.2. The largest absolute Gasteiger partial charge is 0.496 e. The average molecular weight is 418 g/mol. The van der Waals surface area contributed by atoms with E-state index < -0.39 is 30.2 Å². The van der Waals surface area contributed by atoms with Crippen LogP contribution >= 0.6 is 0 Å². The highest BCUT2D eigenvalue weighted by Gasteiger charge is 2.18. The first kappa shape index (κ1) is 22.7. The third-order valence-corrected chi connectivity index (χ3v) is 4.25. The molecule has 0 aliphatic rings. The van der Waals surface area contributed by atoms with E-state index in [0.29, 0.717) is 17.2 Å². The van der Waals surface area contributed by atoms with Crippen molar-refractivity contribution in [2.45, 2.75) is 6.92 Å². The van der Waals surface area contributed by atoms with Crippen molar-refractivity contribution in [2.75, 3.05) is 39.7 Å². The lowest BCUT2D eigenvalue weighted by Crippen LogP contribution is -2.37. The number of likely N-dealkylation sites (N-methyl/N-ethyl adjacent to an activating group) is 1. The fourth-order valence-electron chi connectivity index (χ4n) is 2.56. The maximum Gasteiger partial charge on any atom is 0.338 e. The van der Waals surface area contributed by atoms with Gasteiger partial charge in [0.15, 0.2) is 6.61 Å². The van der Waals surface area contributed by atoms with Gasteiger partial charge in [0.1, 0.15) is 17.3 Å². The van der Waals surface area contributed by atoms with Crippen molar-refractivity contribution in [3.8, 4) is 11.5 Å². The molecule has 0 fully saturated rings. The van der Waals surface area contributed by atoms with E-state index in [9.17, 15) is 18.8 Å². The molecule has 9 heteroatoms. The van der Waals surface area contributed by atoms with Gasteiger partial charge in [0, 0.05) is 18.3 Å². The van der Waals surface area contributed by atoms with Gasteiger partial charge in [0.25, 0.3) is 5.91 Å². The van der Waals surface area contributed by atoms with Crippen LogP contribution in [0.3, 0.4) is 0 Å². The molecular formula is C21H23FN2O6. The Bertz CT molecular complexity index is 905. The number of carbonyl (C=O) groups is 3.